The van der Waals surface area contributed by atoms with Crippen LogP contribution in [0, 0.1) is 0 Å². The van der Waals surface area contributed by atoms with Gasteiger partial charge < -0.3 is 19.9 Å². The van der Waals surface area contributed by atoms with E-state index in [1.54, 1.807) is 24.1 Å². The van der Waals surface area contributed by atoms with Crippen molar-refractivity contribution in [3.63, 3.8) is 0 Å². The summed E-state index contributed by atoms with van der Waals surface area (Å²) in [6, 6.07) is 7.62. The smallest absolute Gasteiger partial charge is 0.233 e. The van der Waals surface area contributed by atoms with Crippen LogP contribution in [0.15, 0.2) is 24.3 Å². The lowest BCUT2D eigenvalue weighted by atomic mass is 10.0. The molecule has 138 valence electrons. The van der Waals surface area contributed by atoms with Crippen molar-refractivity contribution in [1.82, 2.24) is 9.80 Å². The van der Waals surface area contributed by atoms with E-state index in [0.717, 1.165) is 13.0 Å². The quantitative estimate of drug-likeness (QED) is 0.769. The fraction of sp³-hybridized carbons (Fsp3) is 0.579. The first-order valence-corrected chi connectivity index (χ1v) is 8.97. The summed E-state index contributed by atoms with van der Waals surface area (Å²) in [6.45, 7) is 4.14. The molecule has 0 bridgehead atoms. The number of amides is 2. The predicted molar refractivity (Wildman–Crippen MR) is 98.8 cm³/mol. The molecule has 1 fully saturated rings. The zero-order chi connectivity index (χ0) is 18.2. The Labute approximate surface area is 150 Å². The van der Waals surface area contributed by atoms with Crippen LogP contribution in [-0.4, -0.2) is 61.4 Å². The molecular formula is C19H29N3O3. The van der Waals surface area contributed by atoms with Gasteiger partial charge in [0.2, 0.25) is 11.8 Å². The molecule has 6 nitrogen and oxygen atoms in total. The average Bonchev–Trinajstić information content (AvgIpc) is 2.58. The van der Waals surface area contributed by atoms with Gasteiger partial charge in [-0.2, -0.15) is 0 Å². The monoisotopic (exact) mass is 347 g/mol. The summed E-state index contributed by atoms with van der Waals surface area (Å²) in [5.74, 6) is 0.134. The van der Waals surface area contributed by atoms with E-state index >= 15 is 0 Å². The maximum absolute atomic E-state index is 12.3. The predicted octanol–water partition coefficient (Wildman–Crippen LogP) is 2.36. The highest BCUT2D eigenvalue weighted by Gasteiger charge is 2.23. The number of para-hydroxylation sites is 2. The summed E-state index contributed by atoms with van der Waals surface area (Å²) < 4.78 is 5.49. The molecule has 1 aromatic carbocycles. The van der Waals surface area contributed by atoms with Crippen LogP contribution in [0.5, 0.6) is 5.75 Å². The molecule has 25 heavy (non-hydrogen) atoms. The van der Waals surface area contributed by atoms with Crippen LogP contribution in [0.4, 0.5) is 5.69 Å². The van der Waals surface area contributed by atoms with E-state index in [4.69, 9.17) is 4.74 Å². The van der Waals surface area contributed by atoms with E-state index < -0.39 is 0 Å². The summed E-state index contributed by atoms with van der Waals surface area (Å²) >= 11 is 0. The maximum Gasteiger partial charge on any atom is 0.233 e. The van der Waals surface area contributed by atoms with Gasteiger partial charge in [-0.25, -0.2) is 0 Å². The van der Waals surface area contributed by atoms with Crippen molar-refractivity contribution in [1.29, 1.82) is 0 Å². The topological polar surface area (TPSA) is 61.9 Å². The Balaban J connectivity index is 1.86. The number of rotatable bonds is 7. The second-order valence-corrected chi connectivity index (χ2v) is 6.56. The van der Waals surface area contributed by atoms with Crippen LogP contribution >= 0.6 is 0 Å². The molecule has 0 radical (unpaired) electrons. The number of likely N-dealkylation sites (N-methyl/N-ethyl adjacent to an activating group) is 2. The van der Waals surface area contributed by atoms with Gasteiger partial charge in [0.1, 0.15) is 12.2 Å². The van der Waals surface area contributed by atoms with Gasteiger partial charge >= 0.3 is 0 Å². The van der Waals surface area contributed by atoms with Crippen LogP contribution in [-0.2, 0) is 9.59 Å². The Morgan fingerprint density at radius 3 is 2.80 bits per heavy atom. The van der Waals surface area contributed by atoms with Crippen LogP contribution in [0.1, 0.15) is 32.6 Å². The lowest BCUT2D eigenvalue weighted by Crippen LogP contribution is -2.45. The largest absolute Gasteiger partial charge is 0.492 e. The van der Waals surface area contributed by atoms with Gasteiger partial charge in [0.05, 0.1) is 12.3 Å². The van der Waals surface area contributed by atoms with Gasteiger partial charge in [0.25, 0.3) is 0 Å². The van der Waals surface area contributed by atoms with Gasteiger partial charge in [0.15, 0.2) is 0 Å². The van der Waals surface area contributed by atoms with Gasteiger partial charge in [0, 0.05) is 19.6 Å². The van der Waals surface area contributed by atoms with E-state index in [1.807, 2.05) is 19.1 Å². The summed E-state index contributed by atoms with van der Waals surface area (Å²) in [4.78, 5) is 28.5. The van der Waals surface area contributed by atoms with E-state index in [1.165, 1.54) is 12.8 Å². The third kappa shape index (κ3) is 5.74. The Morgan fingerprint density at radius 1 is 1.32 bits per heavy atom. The van der Waals surface area contributed by atoms with Crippen molar-refractivity contribution in [3.05, 3.63) is 24.3 Å². The van der Waals surface area contributed by atoms with Crippen molar-refractivity contribution in [2.45, 2.75) is 38.6 Å². The van der Waals surface area contributed by atoms with Gasteiger partial charge in [-0.05, 0) is 45.5 Å². The minimum atomic E-state index is -0.319. The molecule has 1 aromatic rings. The molecule has 2 amide bonds. The number of likely N-dealkylation sites (tertiary alicyclic amines) is 1. The molecule has 1 unspecified atom stereocenters. The zero-order valence-corrected chi connectivity index (χ0v) is 15.5. The number of piperidine rings is 1. The number of anilines is 1. The molecule has 1 saturated heterocycles. The standard InChI is InChI=1S/C19H29N3O3/c1-4-25-17-11-6-5-10-16(17)20-18(23)13-19(24)22(3)14-15-9-7-8-12-21(15)2/h5-6,10-11,15H,4,7-9,12-14H2,1-3H3,(H,20,23). The molecule has 2 rings (SSSR count). The molecule has 0 spiro atoms. The van der Waals surface area contributed by atoms with E-state index in [9.17, 15) is 9.59 Å². The second kappa shape index (κ2) is 9.42. The Morgan fingerprint density at radius 2 is 2.08 bits per heavy atom. The van der Waals surface area contributed by atoms with Crippen LogP contribution in [0.2, 0.25) is 0 Å². The summed E-state index contributed by atoms with van der Waals surface area (Å²) in [5, 5.41) is 2.77. The Kier molecular flexibility index (Phi) is 7.25. The molecule has 0 aromatic heterocycles. The lowest BCUT2D eigenvalue weighted by Gasteiger charge is -2.35. The second-order valence-electron chi connectivity index (χ2n) is 6.56. The van der Waals surface area contributed by atoms with Crippen molar-refractivity contribution in [2.75, 3.05) is 39.1 Å². The van der Waals surface area contributed by atoms with Crippen molar-refractivity contribution in [3.8, 4) is 5.75 Å². The van der Waals surface area contributed by atoms with Crippen LogP contribution in [0.3, 0.4) is 0 Å². The lowest BCUT2D eigenvalue weighted by molar-refractivity contribution is -0.134. The SMILES string of the molecule is CCOc1ccccc1NC(=O)CC(=O)N(C)CC1CCCCN1C. The zero-order valence-electron chi connectivity index (χ0n) is 15.5. The van der Waals surface area contributed by atoms with Crippen LogP contribution in [0.25, 0.3) is 0 Å². The fourth-order valence-electron chi connectivity index (χ4n) is 3.11. The minimum absolute atomic E-state index is 0.159. The number of hydrogen-bond acceptors (Lipinski definition) is 4. The molecule has 1 aliphatic rings. The molecular weight excluding hydrogens is 318 g/mol. The van der Waals surface area contributed by atoms with Gasteiger partial charge in [-0.1, -0.05) is 18.6 Å². The summed E-state index contributed by atoms with van der Waals surface area (Å²) in [6.07, 6.45) is 3.35. The van der Waals surface area contributed by atoms with Crippen molar-refractivity contribution in [2.24, 2.45) is 0 Å². The number of hydrogen-bond donors (Lipinski definition) is 1. The molecule has 0 saturated carbocycles. The minimum Gasteiger partial charge on any atom is -0.492 e. The molecule has 6 heteroatoms. The molecule has 1 atom stereocenters. The van der Waals surface area contributed by atoms with E-state index in [0.29, 0.717) is 30.6 Å². The summed E-state index contributed by atoms with van der Waals surface area (Å²) in [5.41, 5.74) is 0.594. The first-order valence-electron chi connectivity index (χ1n) is 8.97. The van der Waals surface area contributed by atoms with E-state index in [2.05, 4.69) is 17.3 Å². The Hall–Kier alpha value is -2.08. The highest BCUT2D eigenvalue weighted by atomic mass is 16.5. The first-order chi connectivity index (χ1) is 12.0. The molecule has 1 aliphatic heterocycles. The van der Waals surface area contributed by atoms with Crippen molar-refractivity contribution < 1.29 is 14.3 Å². The van der Waals surface area contributed by atoms with E-state index in [-0.39, 0.29) is 18.2 Å². The first kappa shape index (κ1) is 19.2. The fourth-order valence-corrected chi connectivity index (χ4v) is 3.11. The van der Waals surface area contributed by atoms with Gasteiger partial charge in [-0.15, -0.1) is 0 Å². The molecule has 0 aliphatic carbocycles. The normalized spacial score (nSPS) is 17.8. The number of carbonyl (C=O) groups is 2. The number of ether oxygens (including phenoxy) is 1. The average molecular weight is 347 g/mol. The third-order valence-electron chi connectivity index (χ3n) is 4.60. The molecule has 1 N–H and O–H groups in total. The number of carbonyl (C=O) groups excluding carboxylic acids is 2. The van der Waals surface area contributed by atoms with Crippen molar-refractivity contribution >= 4 is 17.5 Å². The van der Waals surface area contributed by atoms with Crippen LogP contribution < -0.4 is 10.1 Å². The Bertz CT molecular complexity index is 591. The highest BCUT2D eigenvalue weighted by molar-refractivity contribution is 6.04. The molecule has 1 heterocycles. The number of nitrogens with one attached hydrogen (secondary N) is 1. The summed E-state index contributed by atoms with van der Waals surface area (Å²) in [7, 11) is 3.87. The number of nitrogens with zero attached hydrogens (tertiary/aromatic N) is 2. The number of benzene rings is 1. The maximum atomic E-state index is 12.3. The third-order valence-corrected chi connectivity index (χ3v) is 4.60. The van der Waals surface area contributed by atoms with Gasteiger partial charge in [-0.3, -0.25) is 9.59 Å². The highest BCUT2D eigenvalue weighted by Crippen LogP contribution is 2.23.